The van der Waals surface area contributed by atoms with Crippen LogP contribution in [-0.4, -0.2) is 35.2 Å². The molecule has 100 valence electrons. The second-order valence-electron chi connectivity index (χ2n) is 3.47. The largest absolute Gasteiger partial charge is 0.478 e. The monoisotopic (exact) mass is 245 g/mol. The van der Waals surface area contributed by atoms with Crippen LogP contribution in [0.15, 0.2) is 12.2 Å². The van der Waals surface area contributed by atoms with E-state index in [1.165, 1.54) is 38.8 Å². The lowest BCUT2D eigenvalue weighted by atomic mass is 10.3. The van der Waals surface area contributed by atoms with Crippen molar-refractivity contribution in [3.8, 4) is 0 Å². The summed E-state index contributed by atoms with van der Waals surface area (Å²) in [7, 11) is 0. The van der Waals surface area contributed by atoms with E-state index in [1.54, 1.807) is 0 Å². The van der Waals surface area contributed by atoms with Gasteiger partial charge in [-0.25, -0.2) is 9.59 Å². The Labute approximate surface area is 103 Å². The van der Waals surface area contributed by atoms with Crippen LogP contribution in [0.2, 0.25) is 0 Å². The summed E-state index contributed by atoms with van der Waals surface area (Å²) in [6.07, 6.45) is 6.37. The van der Waals surface area contributed by atoms with Gasteiger partial charge in [0.05, 0.1) is 0 Å². The fourth-order valence-corrected chi connectivity index (χ4v) is 0.871. The van der Waals surface area contributed by atoms with Crippen LogP contribution in [-0.2, 0) is 9.59 Å². The van der Waals surface area contributed by atoms with Gasteiger partial charge in [-0.15, -0.1) is 0 Å². The van der Waals surface area contributed by atoms with Crippen LogP contribution in [0.3, 0.4) is 0 Å². The van der Waals surface area contributed by atoms with Gasteiger partial charge in [0.1, 0.15) is 0 Å². The fraction of sp³-hybridized carbons (Fsp3) is 0.667. The van der Waals surface area contributed by atoms with Gasteiger partial charge in [0.15, 0.2) is 0 Å². The summed E-state index contributed by atoms with van der Waals surface area (Å²) in [5, 5.41) is 19.0. The Bertz CT molecular complexity index is 205. The molecule has 0 amide bonds. The first-order valence-electron chi connectivity index (χ1n) is 5.89. The van der Waals surface area contributed by atoms with Gasteiger partial charge in [-0.1, -0.05) is 26.7 Å². The summed E-state index contributed by atoms with van der Waals surface area (Å²) in [5.74, 6) is -2.51. The molecular weight excluding hydrogens is 222 g/mol. The van der Waals surface area contributed by atoms with Crippen molar-refractivity contribution in [3.63, 3.8) is 0 Å². The quantitative estimate of drug-likeness (QED) is 0.449. The van der Waals surface area contributed by atoms with Gasteiger partial charge >= 0.3 is 11.9 Å². The molecule has 5 nitrogen and oxygen atoms in total. The first-order valence-corrected chi connectivity index (χ1v) is 5.89. The molecule has 0 saturated heterocycles. The Kier molecular flexibility index (Phi) is 15.5. The standard InChI is InChI=1S/C8H19N.C4H4O4/c1-3-5-7-9-8-6-4-2;5-3(6)1-2-4(7)8/h9H,3-8H2,1-2H3;1-2H,(H,5,6)(H,7,8)/b;2-1+. The highest BCUT2D eigenvalue weighted by atomic mass is 16.4. The van der Waals surface area contributed by atoms with Crippen molar-refractivity contribution < 1.29 is 19.8 Å². The van der Waals surface area contributed by atoms with E-state index in [-0.39, 0.29) is 0 Å². The average molecular weight is 245 g/mol. The van der Waals surface area contributed by atoms with Crippen molar-refractivity contribution in [1.82, 2.24) is 5.32 Å². The zero-order valence-corrected chi connectivity index (χ0v) is 10.6. The van der Waals surface area contributed by atoms with Crippen molar-refractivity contribution in [1.29, 1.82) is 0 Å². The maximum absolute atomic E-state index is 9.55. The van der Waals surface area contributed by atoms with Crippen molar-refractivity contribution >= 4 is 11.9 Å². The minimum Gasteiger partial charge on any atom is -0.478 e. The highest BCUT2D eigenvalue weighted by Crippen LogP contribution is 1.85. The Balaban J connectivity index is 0. The molecular formula is C12H23NO4. The highest BCUT2D eigenvalue weighted by Gasteiger charge is 1.88. The van der Waals surface area contributed by atoms with E-state index in [0.29, 0.717) is 12.2 Å². The van der Waals surface area contributed by atoms with Crippen LogP contribution in [0, 0.1) is 0 Å². The summed E-state index contributed by atoms with van der Waals surface area (Å²) in [5.41, 5.74) is 0. The molecule has 0 fully saturated rings. The molecule has 5 heteroatoms. The summed E-state index contributed by atoms with van der Waals surface area (Å²) in [6.45, 7) is 6.86. The first-order chi connectivity index (χ1) is 8.04. The number of nitrogens with one attached hydrogen (secondary N) is 1. The molecule has 0 spiro atoms. The smallest absolute Gasteiger partial charge is 0.328 e. The summed E-state index contributed by atoms with van der Waals surface area (Å²) in [6, 6.07) is 0. The maximum atomic E-state index is 9.55. The van der Waals surface area contributed by atoms with Crippen LogP contribution >= 0.6 is 0 Å². The molecule has 0 rings (SSSR count). The van der Waals surface area contributed by atoms with E-state index >= 15 is 0 Å². The average Bonchev–Trinajstić information content (AvgIpc) is 2.27. The Morgan fingerprint density at radius 3 is 1.53 bits per heavy atom. The van der Waals surface area contributed by atoms with Crippen LogP contribution < -0.4 is 5.32 Å². The van der Waals surface area contributed by atoms with Crippen molar-refractivity contribution in [2.45, 2.75) is 39.5 Å². The van der Waals surface area contributed by atoms with E-state index in [1.807, 2.05) is 0 Å². The zero-order chi connectivity index (χ0) is 13.5. The SMILES string of the molecule is CCCCNCCCC.O=C(O)/C=C/C(=O)O. The predicted molar refractivity (Wildman–Crippen MR) is 67.1 cm³/mol. The maximum Gasteiger partial charge on any atom is 0.328 e. The number of carboxylic acid groups (broad SMARTS) is 2. The molecule has 0 aliphatic carbocycles. The number of rotatable bonds is 8. The van der Waals surface area contributed by atoms with Gasteiger partial charge in [-0.3, -0.25) is 0 Å². The molecule has 3 N–H and O–H groups in total. The Hall–Kier alpha value is -1.36. The lowest BCUT2D eigenvalue weighted by Crippen LogP contribution is -2.15. The third kappa shape index (κ3) is 25.2. The van der Waals surface area contributed by atoms with Gasteiger partial charge < -0.3 is 15.5 Å². The van der Waals surface area contributed by atoms with E-state index < -0.39 is 11.9 Å². The van der Waals surface area contributed by atoms with Crippen LogP contribution in [0.4, 0.5) is 0 Å². The van der Waals surface area contributed by atoms with Crippen LogP contribution in [0.25, 0.3) is 0 Å². The first kappa shape index (κ1) is 18.0. The van der Waals surface area contributed by atoms with E-state index in [2.05, 4.69) is 19.2 Å². The fourth-order valence-electron chi connectivity index (χ4n) is 0.871. The number of hydrogen-bond donors (Lipinski definition) is 3. The summed E-state index contributed by atoms with van der Waals surface area (Å²) in [4.78, 5) is 19.1. The molecule has 0 aromatic rings. The number of carboxylic acids is 2. The number of unbranched alkanes of at least 4 members (excludes halogenated alkanes) is 2. The second-order valence-corrected chi connectivity index (χ2v) is 3.47. The summed E-state index contributed by atoms with van der Waals surface area (Å²) >= 11 is 0. The Morgan fingerprint density at radius 1 is 0.941 bits per heavy atom. The Morgan fingerprint density at radius 2 is 1.29 bits per heavy atom. The summed E-state index contributed by atoms with van der Waals surface area (Å²) < 4.78 is 0. The van der Waals surface area contributed by atoms with Crippen molar-refractivity contribution in [2.24, 2.45) is 0 Å². The number of carbonyl (C=O) groups is 2. The van der Waals surface area contributed by atoms with Crippen LogP contribution in [0.1, 0.15) is 39.5 Å². The molecule has 17 heavy (non-hydrogen) atoms. The normalized spacial score (nSPS) is 9.76. The van der Waals surface area contributed by atoms with Crippen LogP contribution in [0.5, 0.6) is 0 Å². The lowest BCUT2D eigenvalue weighted by molar-refractivity contribution is -0.134. The molecule has 0 unspecified atom stereocenters. The van der Waals surface area contributed by atoms with Gasteiger partial charge in [-0.05, 0) is 25.9 Å². The van der Waals surface area contributed by atoms with Gasteiger partial charge in [0, 0.05) is 12.2 Å². The number of aliphatic carboxylic acids is 2. The number of hydrogen-bond acceptors (Lipinski definition) is 3. The third-order valence-corrected chi connectivity index (χ3v) is 1.78. The molecule has 0 aliphatic rings. The van der Waals surface area contributed by atoms with E-state index in [9.17, 15) is 9.59 Å². The topological polar surface area (TPSA) is 86.6 Å². The zero-order valence-electron chi connectivity index (χ0n) is 10.6. The molecule has 0 heterocycles. The molecule has 0 aromatic heterocycles. The third-order valence-electron chi connectivity index (χ3n) is 1.78. The van der Waals surface area contributed by atoms with Gasteiger partial charge in [0.25, 0.3) is 0 Å². The second kappa shape index (κ2) is 14.6. The predicted octanol–water partition coefficient (Wildman–Crippen LogP) is 1.89. The molecule has 0 aromatic carbocycles. The van der Waals surface area contributed by atoms with E-state index in [4.69, 9.17) is 10.2 Å². The molecule has 0 radical (unpaired) electrons. The molecule has 0 bridgehead atoms. The molecule has 0 aliphatic heterocycles. The minimum atomic E-state index is -1.26. The van der Waals surface area contributed by atoms with Gasteiger partial charge in [0.2, 0.25) is 0 Å². The van der Waals surface area contributed by atoms with E-state index in [0.717, 1.165) is 0 Å². The van der Waals surface area contributed by atoms with Crippen molar-refractivity contribution in [3.05, 3.63) is 12.2 Å². The van der Waals surface area contributed by atoms with Crippen molar-refractivity contribution in [2.75, 3.05) is 13.1 Å². The lowest BCUT2D eigenvalue weighted by Gasteiger charge is -1.99. The molecule has 0 saturated carbocycles. The minimum absolute atomic E-state index is 0.558. The molecule has 0 atom stereocenters. The van der Waals surface area contributed by atoms with Gasteiger partial charge in [-0.2, -0.15) is 0 Å². The highest BCUT2D eigenvalue weighted by molar-refractivity contribution is 5.89.